The van der Waals surface area contributed by atoms with Crippen LogP contribution in [0.1, 0.15) is 33.1 Å². The first-order valence-electron chi connectivity index (χ1n) is 6.11. The van der Waals surface area contributed by atoms with E-state index in [4.69, 9.17) is 4.74 Å². The minimum absolute atomic E-state index is 0.213. The number of carbonyl (C=O) groups excluding carboxylic acids is 1. The molecule has 0 radical (unpaired) electrons. The number of esters is 1. The Balaban J connectivity index is 2.04. The molecule has 0 aromatic carbocycles. The minimum atomic E-state index is -0.314. The standard InChI is InChI=1S/C14H19NO2/c1-10(2)14(16)17-11(3)15-9-8-12-6-4-5-7-13(12)15/h5,7,11H,1,4,6,8-9H2,2-3H3. The van der Waals surface area contributed by atoms with Crippen LogP contribution in [0.15, 0.2) is 35.6 Å². The molecule has 3 heteroatoms. The summed E-state index contributed by atoms with van der Waals surface area (Å²) in [6, 6.07) is 0. The summed E-state index contributed by atoms with van der Waals surface area (Å²) in [5.74, 6) is -0.314. The van der Waals surface area contributed by atoms with Crippen molar-refractivity contribution in [1.82, 2.24) is 4.90 Å². The molecule has 0 aromatic rings. The van der Waals surface area contributed by atoms with Gasteiger partial charge in [-0.2, -0.15) is 0 Å². The SMILES string of the molecule is C=C(C)C(=O)OC(C)N1CCC2=C1C=CCC2. The Labute approximate surface area is 102 Å². The van der Waals surface area contributed by atoms with E-state index in [0.717, 1.165) is 25.8 Å². The number of hydrogen-bond donors (Lipinski definition) is 0. The van der Waals surface area contributed by atoms with Crippen molar-refractivity contribution in [3.8, 4) is 0 Å². The smallest absolute Gasteiger partial charge is 0.335 e. The Morgan fingerprint density at radius 2 is 2.29 bits per heavy atom. The molecule has 0 aromatic heterocycles. The summed E-state index contributed by atoms with van der Waals surface area (Å²) in [7, 11) is 0. The van der Waals surface area contributed by atoms with Crippen molar-refractivity contribution in [1.29, 1.82) is 0 Å². The lowest BCUT2D eigenvalue weighted by atomic mass is 10.0. The highest BCUT2D eigenvalue weighted by Gasteiger charge is 2.27. The molecule has 17 heavy (non-hydrogen) atoms. The number of allylic oxidation sites excluding steroid dienone is 2. The van der Waals surface area contributed by atoms with Crippen LogP contribution in [0.4, 0.5) is 0 Å². The van der Waals surface area contributed by atoms with E-state index in [9.17, 15) is 4.79 Å². The lowest BCUT2D eigenvalue weighted by Crippen LogP contribution is -2.34. The van der Waals surface area contributed by atoms with E-state index in [1.54, 1.807) is 6.92 Å². The summed E-state index contributed by atoms with van der Waals surface area (Å²) in [6.45, 7) is 8.13. The van der Waals surface area contributed by atoms with E-state index >= 15 is 0 Å². The van der Waals surface area contributed by atoms with Crippen molar-refractivity contribution in [2.24, 2.45) is 0 Å². The first-order valence-corrected chi connectivity index (χ1v) is 6.11. The van der Waals surface area contributed by atoms with Gasteiger partial charge in [-0.3, -0.25) is 0 Å². The highest BCUT2D eigenvalue weighted by Crippen LogP contribution is 2.32. The molecule has 0 fully saturated rings. The highest BCUT2D eigenvalue weighted by atomic mass is 16.6. The monoisotopic (exact) mass is 233 g/mol. The fourth-order valence-corrected chi connectivity index (χ4v) is 2.32. The van der Waals surface area contributed by atoms with Crippen molar-refractivity contribution in [2.75, 3.05) is 6.54 Å². The third kappa shape index (κ3) is 2.43. The molecule has 0 saturated carbocycles. The van der Waals surface area contributed by atoms with Gasteiger partial charge < -0.3 is 9.64 Å². The van der Waals surface area contributed by atoms with Gasteiger partial charge in [-0.25, -0.2) is 4.79 Å². The van der Waals surface area contributed by atoms with E-state index < -0.39 is 0 Å². The Morgan fingerprint density at radius 3 is 3.00 bits per heavy atom. The zero-order valence-electron chi connectivity index (χ0n) is 10.5. The van der Waals surface area contributed by atoms with E-state index in [2.05, 4.69) is 23.6 Å². The van der Waals surface area contributed by atoms with Gasteiger partial charge in [0, 0.05) is 17.8 Å². The van der Waals surface area contributed by atoms with Crippen molar-refractivity contribution >= 4 is 5.97 Å². The maximum absolute atomic E-state index is 11.5. The molecule has 2 rings (SSSR count). The molecular weight excluding hydrogens is 214 g/mol. The van der Waals surface area contributed by atoms with Gasteiger partial charge in [0.25, 0.3) is 0 Å². The number of rotatable bonds is 3. The van der Waals surface area contributed by atoms with Crippen molar-refractivity contribution in [3.63, 3.8) is 0 Å². The first kappa shape index (κ1) is 12.0. The number of hydrogen-bond acceptors (Lipinski definition) is 3. The Bertz CT molecular complexity index is 406. The molecule has 2 aliphatic rings. The fourth-order valence-electron chi connectivity index (χ4n) is 2.32. The summed E-state index contributed by atoms with van der Waals surface area (Å²) in [5, 5.41) is 0. The van der Waals surface area contributed by atoms with E-state index in [1.165, 1.54) is 11.3 Å². The van der Waals surface area contributed by atoms with Crippen LogP contribution >= 0.6 is 0 Å². The van der Waals surface area contributed by atoms with Crippen LogP contribution in [0, 0.1) is 0 Å². The van der Waals surface area contributed by atoms with Gasteiger partial charge in [0.1, 0.15) is 0 Å². The summed E-state index contributed by atoms with van der Waals surface area (Å²) in [6.07, 6.45) is 7.49. The zero-order valence-corrected chi connectivity index (χ0v) is 10.5. The van der Waals surface area contributed by atoms with Crippen molar-refractivity contribution in [2.45, 2.75) is 39.3 Å². The third-order valence-electron chi connectivity index (χ3n) is 3.28. The van der Waals surface area contributed by atoms with Crippen LogP contribution in [0.2, 0.25) is 0 Å². The fraction of sp³-hybridized carbons (Fsp3) is 0.500. The normalized spacial score (nSPS) is 20.2. The molecule has 1 atom stereocenters. The number of nitrogens with zero attached hydrogens (tertiary/aromatic N) is 1. The van der Waals surface area contributed by atoms with E-state index in [0.29, 0.717) is 5.57 Å². The van der Waals surface area contributed by atoms with Crippen LogP contribution in [0.25, 0.3) is 0 Å². The average molecular weight is 233 g/mol. The molecule has 92 valence electrons. The van der Waals surface area contributed by atoms with Gasteiger partial charge in [0.05, 0.1) is 0 Å². The summed E-state index contributed by atoms with van der Waals surface area (Å²) in [5.41, 5.74) is 3.19. The predicted octanol–water partition coefficient (Wildman–Crippen LogP) is 2.76. The van der Waals surface area contributed by atoms with E-state index in [1.807, 2.05) is 6.92 Å². The molecule has 3 nitrogen and oxygen atoms in total. The lowest BCUT2D eigenvalue weighted by Gasteiger charge is -2.28. The van der Waals surface area contributed by atoms with Crippen molar-refractivity contribution < 1.29 is 9.53 Å². The third-order valence-corrected chi connectivity index (χ3v) is 3.28. The molecule has 0 saturated heterocycles. The second kappa shape index (κ2) is 4.78. The molecule has 1 heterocycles. The lowest BCUT2D eigenvalue weighted by molar-refractivity contribution is -0.150. The summed E-state index contributed by atoms with van der Waals surface area (Å²) >= 11 is 0. The van der Waals surface area contributed by atoms with Gasteiger partial charge in [0.2, 0.25) is 0 Å². The van der Waals surface area contributed by atoms with Gasteiger partial charge in [0.15, 0.2) is 6.23 Å². The van der Waals surface area contributed by atoms with Crippen LogP contribution in [-0.2, 0) is 9.53 Å². The maximum Gasteiger partial charge on any atom is 0.335 e. The van der Waals surface area contributed by atoms with Gasteiger partial charge >= 0.3 is 5.97 Å². The summed E-state index contributed by atoms with van der Waals surface area (Å²) in [4.78, 5) is 13.6. The molecular formula is C14H19NO2. The second-order valence-electron chi connectivity index (χ2n) is 4.66. The molecule has 1 unspecified atom stereocenters. The van der Waals surface area contributed by atoms with Crippen LogP contribution in [0.3, 0.4) is 0 Å². The molecule has 1 aliphatic carbocycles. The Morgan fingerprint density at radius 1 is 1.53 bits per heavy atom. The topological polar surface area (TPSA) is 29.5 Å². The molecule has 0 amide bonds. The first-order chi connectivity index (χ1) is 8.09. The molecule has 0 bridgehead atoms. The van der Waals surface area contributed by atoms with Gasteiger partial charge in [-0.05, 0) is 44.8 Å². The summed E-state index contributed by atoms with van der Waals surface area (Å²) < 4.78 is 5.36. The second-order valence-corrected chi connectivity index (χ2v) is 4.66. The molecule has 1 aliphatic heterocycles. The number of ether oxygens (including phenoxy) is 1. The molecule has 0 spiro atoms. The van der Waals surface area contributed by atoms with Crippen LogP contribution in [-0.4, -0.2) is 23.6 Å². The van der Waals surface area contributed by atoms with Gasteiger partial charge in [-0.15, -0.1) is 0 Å². The largest absolute Gasteiger partial charge is 0.439 e. The molecule has 0 N–H and O–H groups in total. The van der Waals surface area contributed by atoms with Crippen LogP contribution < -0.4 is 0 Å². The average Bonchev–Trinajstić information content (AvgIpc) is 2.72. The highest BCUT2D eigenvalue weighted by molar-refractivity contribution is 5.87. The van der Waals surface area contributed by atoms with Gasteiger partial charge in [-0.1, -0.05) is 12.7 Å². The van der Waals surface area contributed by atoms with Crippen molar-refractivity contribution in [3.05, 3.63) is 35.6 Å². The Kier molecular flexibility index (Phi) is 3.36. The van der Waals surface area contributed by atoms with E-state index in [-0.39, 0.29) is 12.2 Å². The predicted molar refractivity (Wildman–Crippen MR) is 67.1 cm³/mol. The van der Waals surface area contributed by atoms with Crippen LogP contribution in [0.5, 0.6) is 0 Å². The maximum atomic E-state index is 11.5. The zero-order chi connectivity index (χ0) is 12.4. The number of carbonyl (C=O) groups is 1. The Hall–Kier alpha value is -1.51. The quantitative estimate of drug-likeness (QED) is 0.554. The minimum Gasteiger partial charge on any atom is -0.439 e.